The van der Waals surface area contributed by atoms with Crippen LogP contribution in [0, 0.1) is 0 Å². The molecule has 0 unspecified atom stereocenters. The normalized spacial score (nSPS) is 23.6. The Bertz CT molecular complexity index is 94.7. The van der Waals surface area contributed by atoms with Crippen LogP contribution in [0.3, 0.4) is 0 Å². The molecule has 0 heterocycles. The lowest BCUT2D eigenvalue weighted by molar-refractivity contribution is -0.215. The first-order valence-corrected chi connectivity index (χ1v) is 2.78. The summed E-state index contributed by atoms with van der Waals surface area (Å²) in [4.78, 5) is 0. The molecule has 0 aromatic carbocycles. The fourth-order valence-corrected chi connectivity index (χ4v) is 0.752. The van der Waals surface area contributed by atoms with Gasteiger partial charge in [-0.2, -0.15) is 0 Å². The maximum atomic E-state index is 9.12. The van der Waals surface area contributed by atoms with Gasteiger partial charge in [-0.3, -0.25) is 0 Å². The molecular weight excluding hydrogens is 104 g/mol. The predicted octanol–water partition coefficient (Wildman–Crippen LogP) is 1.02. The third kappa shape index (κ3) is 0.842. The lowest BCUT2D eigenvalue weighted by atomic mass is 9.92. The van der Waals surface area contributed by atoms with Crippen molar-refractivity contribution in [2.24, 2.45) is 0 Å². The molecule has 8 heavy (non-hydrogen) atoms. The lowest BCUT2D eigenvalue weighted by Crippen LogP contribution is -2.37. The molecule has 0 spiro atoms. The summed E-state index contributed by atoms with van der Waals surface area (Å²) in [7, 11) is 0. The summed E-state index contributed by atoms with van der Waals surface area (Å²) in [5.74, 6) is -0.845. The molecule has 0 atom stereocenters. The van der Waals surface area contributed by atoms with Crippen LogP contribution >= 0.6 is 0 Å². The molecule has 0 radical (unpaired) electrons. The largest absolute Gasteiger partial charge is 0.471 e. The molecule has 1 N–H and O–H groups in total. The highest BCUT2D eigenvalue weighted by Gasteiger charge is 2.35. The predicted molar refractivity (Wildman–Crippen MR) is 30.1 cm³/mol. The molecule has 0 aromatic rings. The summed E-state index contributed by atoms with van der Waals surface area (Å²) < 4.78 is 4.78. The average Bonchev–Trinajstić information content (AvgIpc) is 1.64. The summed E-state index contributed by atoms with van der Waals surface area (Å²) in [5, 5.41) is 9.12. The van der Waals surface area contributed by atoms with E-state index in [-0.39, 0.29) is 0 Å². The summed E-state index contributed by atoms with van der Waals surface area (Å²) in [5.41, 5.74) is 0. The molecule has 1 saturated carbocycles. The summed E-state index contributed by atoms with van der Waals surface area (Å²) in [6.07, 6.45) is 3.85. The second kappa shape index (κ2) is 1.78. The monoisotopic (exact) mass is 114 g/mol. The van der Waals surface area contributed by atoms with E-state index < -0.39 is 5.79 Å². The van der Waals surface area contributed by atoms with Gasteiger partial charge in [-0.05, 0) is 6.42 Å². The van der Waals surface area contributed by atoms with Gasteiger partial charge in [0.25, 0.3) is 0 Å². The molecule has 1 aliphatic carbocycles. The Morgan fingerprint density at radius 1 is 1.62 bits per heavy atom. The molecule has 0 amide bonds. The van der Waals surface area contributed by atoms with E-state index in [0.717, 1.165) is 19.3 Å². The Hall–Kier alpha value is -0.500. The Kier molecular flexibility index (Phi) is 1.26. The fraction of sp³-hybridized carbons (Fsp3) is 0.667. The fourth-order valence-electron chi connectivity index (χ4n) is 0.752. The highest BCUT2D eigenvalue weighted by molar-refractivity contribution is 4.79. The summed E-state index contributed by atoms with van der Waals surface area (Å²) >= 11 is 0. The van der Waals surface area contributed by atoms with Crippen LogP contribution in [0.25, 0.3) is 0 Å². The Morgan fingerprint density at radius 3 is 2.38 bits per heavy atom. The highest BCUT2D eigenvalue weighted by atomic mass is 16.6. The van der Waals surface area contributed by atoms with E-state index in [9.17, 15) is 0 Å². The molecule has 0 saturated heterocycles. The third-order valence-corrected chi connectivity index (χ3v) is 1.44. The third-order valence-electron chi connectivity index (χ3n) is 1.44. The zero-order chi connectivity index (χ0) is 6.04. The van der Waals surface area contributed by atoms with Crippen LogP contribution in [0.1, 0.15) is 19.3 Å². The smallest absolute Gasteiger partial charge is 0.207 e. The minimum atomic E-state index is -0.845. The van der Waals surface area contributed by atoms with Gasteiger partial charge in [-0.1, -0.05) is 6.58 Å². The van der Waals surface area contributed by atoms with Crippen LogP contribution in [-0.2, 0) is 4.74 Å². The van der Waals surface area contributed by atoms with Gasteiger partial charge >= 0.3 is 0 Å². The topological polar surface area (TPSA) is 29.5 Å². The molecule has 0 aliphatic heterocycles. The Morgan fingerprint density at radius 2 is 2.25 bits per heavy atom. The Balaban J connectivity index is 2.29. The van der Waals surface area contributed by atoms with E-state index in [2.05, 4.69) is 6.58 Å². The van der Waals surface area contributed by atoms with Crippen LogP contribution in [0.15, 0.2) is 12.8 Å². The standard InChI is InChI=1S/C6H10O2/c1-2-8-6(7)4-3-5-6/h2,7H,1,3-5H2. The van der Waals surface area contributed by atoms with E-state index in [4.69, 9.17) is 9.84 Å². The maximum Gasteiger partial charge on any atom is 0.207 e. The van der Waals surface area contributed by atoms with Gasteiger partial charge < -0.3 is 9.84 Å². The van der Waals surface area contributed by atoms with Gasteiger partial charge in [0.2, 0.25) is 5.79 Å². The van der Waals surface area contributed by atoms with Crippen LogP contribution < -0.4 is 0 Å². The Labute approximate surface area is 48.8 Å². The van der Waals surface area contributed by atoms with Crippen molar-refractivity contribution < 1.29 is 9.84 Å². The number of ether oxygens (including phenoxy) is 1. The first-order valence-electron chi connectivity index (χ1n) is 2.78. The summed E-state index contributed by atoms with van der Waals surface area (Å²) in [6.45, 7) is 3.35. The maximum absolute atomic E-state index is 9.12. The van der Waals surface area contributed by atoms with E-state index in [0.29, 0.717) is 0 Å². The first kappa shape index (κ1) is 5.63. The van der Waals surface area contributed by atoms with Gasteiger partial charge in [0, 0.05) is 12.8 Å². The number of hydrogen-bond acceptors (Lipinski definition) is 2. The summed E-state index contributed by atoms with van der Waals surface area (Å²) in [6, 6.07) is 0. The second-order valence-electron chi connectivity index (χ2n) is 2.08. The second-order valence-corrected chi connectivity index (χ2v) is 2.08. The molecular formula is C6H10O2. The van der Waals surface area contributed by atoms with Crippen molar-refractivity contribution in [3.05, 3.63) is 12.8 Å². The van der Waals surface area contributed by atoms with Crippen LogP contribution in [0.5, 0.6) is 0 Å². The molecule has 2 heteroatoms. The minimum Gasteiger partial charge on any atom is -0.471 e. The van der Waals surface area contributed by atoms with Gasteiger partial charge in [0.15, 0.2) is 0 Å². The van der Waals surface area contributed by atoms with Gasteiger partial charge in [0.1, 0.15) is 0 Å². The molecule has 46 valence electrons. The van der Waals surface area contributed by atoms with E-state index >= 15 is 0 Å². The van der Waals surface area contributed by atoms with E-state index in [1.165, 1.54) is 6.26 Å². The number of hydrogen-bond donors (Lipinski definition) is 1. The minimum absolute atomic E-state index is 0.749. The molecule has 1 aliphatic rings. The number of rotatable bonds is 2. The van der Waals surface area contributed by atoms with Crippen LogP contribution in [-0.4, -0.2) is 10.9 Å². The lowest BCUT2D eigenvalue weighted by Gasteiger charge is -2.34. The van der Waals surface area contributed by atoms with Crippen molar-refractivity contribution in [3.8, 4) is 0 Å². The highest BCUT2D eigenvalue weighted by Crippen LogP contribution is 2.32. The number of aliphatic hydroxyl groups is 1. The molecule has 1 rings (SSSR count). The quantitative estimate of drug-likeness (QED) is 0.429. The van der Waals surface area contributed by atoms with Crippen molar-refractivity contribution in [1.82, 2.24) is 0 Å². The first-order chi connectivity index (χ1) is 3.77. The SMILES string of the molecule is C=COC1(O)CCC1. The molecule has 1 fully saturated rings. The van der Waals surface area contributed by atoms with Gasteiger partial charge in [-0.25, -0.2) is 0 Å². The van der Waals surface area contributed by atoms with E-state index in [1.54, 1.807) is 0 Å². The molecule has 0 bridgehead atoms. The van der Waals surface area contributed by atoms with Crippen molar-refractivity contribution in [1.29, 1.82) is 0 Å². The zero-order valence-electron chi connectivity index (χ0n) is 4.76. The van der Waals surface area contributed by atoms with Gasteiger partial charge in [0.05, 0.1) is 6.26 Å². The van der Waals surface area contributed by atoms with Crippen molar-refractivity contribution in [2.45, 2.75) is 25.0 Å². The van der Waals surface area contributed by atoms with Crippen LogP contribution in [0.2, 0.25) is 0 Å². The molecule has 0 aromatic heterocycles. The van der Waals surface area contributed by atoms with Crippen molar-refractivity contribution in [2.75, 3.05) is 0 Å². The molecule has 2 nitrogen and oxygen atoms in total. The van der Waals surface area contributed by atoms with Crippen molar-refractivity contribution in [3.63, 3.8) is 0 Å². The van der Waals surface area contributed by atoms with E-state index in [1.807, 2.05) is 0 Å². The zero-order valence-corrected chi connectivity index (χ0v) is 4.76. The van der Waals surface area contributed by atoms with Crippen molar-refractivity contribution >= 4 is 0 Å². The average molecular weight is 114 g/mol. The van der Waals surface area contributed by atoms with Gasteiger partial charge in [-0.15, -0.1) is 0 Å². The van der Waals surface area contributed by atoms with Crippen LogP contribution in [0.4, 0.5) is 0 Å².